The lowest BCUT2D eigenvalue weighted by Gasteiger charge is -2.23. The van der Waals surface area contributed by atoms with Crippen molar-refractivity contribution in [3.63, 3.8) is 0 Å². The van der Waals surface area contributed by atoms with Crippen LogP contribution in [0.5, 0.6) is 0 Å². The van der Waals surface area contributed by atoms with Gasteiger partial charge >= 0.3 is 0 Å². The molecule has 154 valence electrons. The van der Waals surface area contributed by atoms with Gasteiger partial charge in [0.15, 0.2) is 5.37 Å². The Morgan fingerprint density at radius 1 is 1.41 bits per heavy atom. The van der Waals surface area contributed by atoms with Crippen LogP contribution in [-0.2, 0) is 17.9 Å². The number of rotatable bonds is 7. The second kappa shape index (κ2) is 9.02. The standard InChI is InChI=1S/C20H22ClFN4O2S/c1-11(2)25-18-6-15(16(21)7-24-18)17-9-26(20(29-17)19(23)28)8-12-3-4-14(22)5-13(12)10-27/h3-7,9,11,20,27H,8,10H2,1-2H3,(H2,23,28)(H,24,25). The van der Waals surface area contributed by atoms with Crippen LogP contribution in [0.25, 0.3) is 4.91 Å². The lowest BCUT2D eigenvalue weighted by molar-refractivity contribution is -0.119. The number of aliphatic hydroxyl groups is 1. The zero-order valence-electron chi connectivity index (χ0n) is 16.0. The van der Waals surface area contributed by atoms with E-state index in [1.807, 2.05) is 26.1 Å². The summed E-state index contributed by atoms with van der Waals surface area (Å²) in [6.45, 7) is 4.00. The number of benzene rings is 1. The van der Waals surface area contributed by atoms with E-state index in [4.69, 9.17) is 17.3 Å². The van der Waals surface area contributed by atoms with Crippen LogP contribution in [0.15, 0.2) is 36.7 Å². The second-order valence-electron chi connectivity index (χ2n) is 6.96. The molecular weight excluding hydrogens is 415 g/mol. The van der Waals surface area contributed by atoms with Crippen LogP contribution in [0, 0.1) is 5.82 Å². The van der Waals surface area contributed by atoms with Crippen molar-refractivity contribution >= 4 is 40.0 Å². The molecule has 0 saturated carbocycles. The van der Waals surface area contributed by atoms with Gasteiger partial charge in [-0.15, -0.1) is 0 Å². The predicted molar refractivity (Wildman–Crippen MR) is 114 cm³/mol. The number of primary amides is 1. The van der Waals surface area contributed by atoms with Gasteiger partial charge in [-0.05, 0) is 43.2 Å². The number of nitrogens with zero attached hydrogens (tertiary/aromatic N) is 2. The number of hydrogen-bond donors (Lipinski definition) is 3. The van der Waals surface area contributed by atoms with Gasteiger partial charge in [0.25, 0.3) is 5.91 Å². The maximum atomic E-state index is 13.5. The van der Waals surface area contributed by atoms with E-state index in [-0.39, 0.29) is 12.6 Å². The van der Waals surface area contributed by atoms with Crippen LogP contribution in [0.2, 0.25) is 5.02 Å². The first-order valence-corrected chi connectivity index (χ1v) is 10.3. The number of aromatic nitrogens is 1. The fourth-order valence-corrected chi connectivity index (χ4v) is 4.40. The Bertz CT molecular complexity index is 954. The lowest BCUT2D eigenvalue weighted by atomic mass is 10.1. The average Bonchev–Trinajstić information content (AvgIpc) is 3.08. The molecule has 6 nitrogen and oxygen atoms in total. The van der Waals surface area contributed by atoms with Gasteiger partial charge in [-0.2, -0.15) is 0 Å². The molecule has 4 N–H and O–H groups in total. The van der Waals surface area contributed by atoms with Crippen molar-refractivity contribution in [3.05, 3.63) is 64.2 Å². The number of carbonyl (C=O) groups excluding carboxylic acids is 1. The van der Waals surface area contributed by atoms with Gasteiger partial charge < -0.3 is 21.1 Å². The summed E-state index contributed by atoms with van der Waals surface area (Å²) in [6.07, 6.45) is 3.37. The van der Waals surface area contributed by atoms with Crippen LogP contribution in [0.1, 0.15) is 30.5 Å². The third kappa shape index (κ3) is 5.01. The molecule has 9 heteroatoms. The van der Waals surface area contributed by atoms with Crippen molar-refractivity contribution in [2.75, 3.05) is 5.32 Å². The molecule has 1 atom stereocenters. The molecular formula is C20H22ClFN4O2S. The highest BCUT2D eigenvalue weighted by molar-refractivity contribution is 8.09. The van der Waals surface area contributed by atoms with E-state index in [0.717, 1.165) is 10.5 Å². The van der Waals surface area contributed by atoms with Gasteiger partial charge in [0, 0.05) is 35.5 Å². The monoisotopic (exact) mass is 436 g/mol. The molecule has 3 rings (SSSR count). The molecule has 29 heavy (non-hydrogen) atoms. The largest absolute Gasteiger partial charge is 0.392 e. The van der Waals surface area contributed by atoms with Crippen LogP contribution in [0.3, 0.4) is 0 Å². The Morgan fingerprint density at radius 3 is 2.83 bits per heavy atom. The van der Waals surface area contributed by atoms with Crippen molar-refractivity contribution in [2.24, 2.45) is 5.73 Å². The van der Waals surface area contributed by atoms with Crippen LogP contribution < -0.4 is 11.1 Å². The van der Waals surface area contributed by atoms with E-state index in [1.165, 1.54) is 23.9 Å². The maximum Gasteiger partial charge on any atom is 0.251 e. The number of hydrogen-bond acceptors (Lipinski definition) is 6. The first kappa shape index (κ1) is 21.4. The fraction of sp³-hybridized carbons (Fsp3) is 0.300. The Labute approximate surface area is 177 Å². The smallest absolute Gasteiger partial charge is 0.251 e. The van der Waals surface area contributed by atoms with E-state index in [2.05, 4.69) is 10.3 Å². The third-order valence-corrected chi connectivity index (χ3v) is 5.92. The summed E-state index contributed by atoms with van der Waals surface area (Å²) in [5.41, 5.74) is 7.52. The summed E-state index contributed by atoms with van der Waals surface area (Å²) in [4.78, 5) is 18.9. The number of carbonyl (C=O) groups is 1. The predicted octanol–water partition coefficient (Wildman–Crippen LogP) is 3.55. The number of amides is 1. The first-order valence-electron chi connectivity index (χ1n) is 9.02. The highest BCUT2D eigenvalue weighted by Gasteiger charge is 2.32. The quantitative estimate of drug-likeness (QED) is 0.614. The molecule has 1 aromatic carbocycles. The second-order valence-corrected chi connectivity index (χ2v) is 8.49. The molecule has 1 aliphatic heterocycles. The number of thioether (sulfide) groups is 1. The number of nitrogens with one attached hydrogen (secondary N) is 1. The van der Waals surface area contributed by atoms with Crippen molar-refractivity contribution in [2.45, 2.75) is 38.4 Å². The molecule has 1 aliphatic rings. The van der Waals surface area contributed by atoms with Gasteiger partial charge in [-0.1, -0.05) is 29.4 Å². The van der Waals surface area contributed by atoms with Gasteiger partial charge in [-0.25, -0.2) is 9.37 Å². The van der Waals surface area contributed by atoms with Gasteiger partial charge in [0.05, 0.1) is 11.6 Å². The van der Waals surface area contributed by atoms with Crippen molar-refractivity contribution in [1.82, 2.24) is 9.88 Å². The normalized spacial score (nSPS) is 16.3. The number of aliphatic hydroxyl groups excluding tert-OH is 1. The van der Waals surface area contributed by atoms with Crippen LogP contribution in [-0.4, -0.2) is 32.3 Å². The van der Waals surface area contributed by atoms with E-state index in [0.29, 0.717) is 28.5 Å². The molecule has 0 saturated heterocycles. The number of halogens is 2. The summed E-state index contributed by atoms with van der Waals surface area (Å²) in [5.74, 6) is -0.249. The van der Waals surface area contributed by atoms with E-state index in [1.54, 1.807) is 17.2 Å². The van der Waals surface area contributed by atoms with E-state index in [9.17, 15) is 14.3 Å². The lowest BCUT2D eigenvalue weighted by Crippen LogP contribution is -2.36. The molecule has 0 aliphatic carbocycles. The Hall–Kier alpha value is -2.29. The van der Waals surface area contributed by atoms with E-state index < -0.39 is 17.1 Å². The number of pyridine rings is 1. The molecule has 2 heterocycles. The van der Waals surface area contributed by atoms with Crippen LogP contribution >= 0.6 is 23.4 Å². The minimum Gasteiger partial charge on any atom is -0.392 e. The van der Waals surface area contributed by atoms with E-state index >= 15 is 0 Å². The fourth-order valence-electron chi connectivity index (χ4n) is 3.01. The number of anilines is 1. The minimum atomic E-state index is -0.646. The first-order chi connectivity index (χ1) is 13.8. The Balaban J connectivity index is 1.93. The SMILES string of the molecule is CC(C)Nc1cc(C2=CN(Cc3ccc(F)cc3CO)C(C(N)=O)S2)c(Cl)cn1. The molecule has 1 aromatic heterocycles. The average molecular weight is 437 g/mol. The van der Waals surface area contributed by atoms with Crippen LogP contribution in [0.4, 0.5) is 10.2 Å². The Morgan fingerprint density at radius 2 is 2.17 bits per heavy atom. The molecule has 0 bridgehead atoms. The zero-order valence-corrected chi connectivity index (χ0v) is 17.6. The molecule has 1 unspecified atom stereocenters. The maximum absolute atomic E-state index is 13.5. The minimum absolute atomic E-state index is 0.201. The molecule has 0 spiro atoms. The summed E-state index contributed by atoms with van der Waals surface area (Å²) in [7, 11) is 0. The topological polar surface area (TPSA) is 91.5 Å². The summed E-state index contributed by atoms with van der Waals surface area (Å²) in [5, 5.41) is 12.6. The third-order valence-electron chi connectivity index (χ3n) is 4.32. The molecule has 1 amide bonds. The number of nitrogens with two attached hydrogens (primary N) is 1. The van der Waals surface area contributed by atoms with Crippen molar-refractivity contribution < 1.29 is 14.3 Å². The molecule has 0 fully saturated rings. The summed E-state index contributed by atoms with van der Waals surface area (Å²) >= 11 is 7.65. The van der Waals surface area contributed by atoms with Crippen molar-refractivity contribution in [1.29, 1.82) is 0 Å². The summed E-state index contributed by atoms with van der Waals surface area (Å²) in [6, 6.07) is 6.24. The highest BCUT2D eigenvalue weighted by Crippen LogP contribution is 2.43. The van der Waals surface area contributed by atoms with Crippen molar-refractivity contribution in [3.8, 4) is 0 Å². The zero-order chi connectivity index (χ0) is 21.1. The van der Waals surface area contributed by atoms with Gasteiger partial charge in [0.2, 0.25) is 0 Å². The summed E-state index contributed by atoms with van der Waals surface area (Å²) < 4.78 is 13.5. The molecule has 0 radical (unpaired) electrons. The van der Waals surface area contributed by atoms with Gasteiger partial charge in [0.1, 0.15) is 11.6 Å². The highest BCUT2D eigenvalue weighted by atomic mass is 35.5. The Kier molecular flexibility index (Phi) is 6.66. The van der Waals surface area contributed by atoms with Gasteiger partial charge in [-0.3, -0.25) is 4.79 Å². The molecule has 2 aromatic rings.